The van der Waals surface area contributed by atoms with Crippen molar-refractivity contribution >= 4 is 18.5 Å². The first-order valence-electron chi connectivity index (χ1n) is 5.67. The molecule has 1 fully saturated rings. The molecular formula is C11H21NO2S. The number of thiol groups is 1. The van der Waals surface area contributed by atoms with Crippen LogP contribution in [0.25, 0.3) is 0 Å². The fourth-order valence-corrected chi connectivity index (χ4v) is 2.15. The molecule has 0 unspecified atom stereocenters. The van der Waals surface area contributed by atoms with E-state index in [9.17, 15) is 4.79 Å². The number of carbonyl (C=O) groups is 1. The maximum absolute atomic E-state index is 11.9. The summed E-state index contributed by atoms with van der Waals surface area (Å²) in [6.45, 7) is 3.55. The average Bonchev–Trinajstić information content (AvgIpc) is 3.00. The second-order valence-electron chi connectivity index (χ2n) is 4.39. The van der Waals surface area contributed by atoms with Gasteiger partial charge in [0.25, 0.3) is 0 Å². The van der Waals surface area contributed by atoms with Crippen LogP contribution >= 0.6 is 12.6 Å². The lowest BCUT2D eigenvalue weighted by molar-refractivity contribution is -0.132. The van der Waals surface area contributed by atoms with Gasteiger partial charge in [-0.15, -0.1) is 0 Å². The van der Waals surface area contributed by atoms with E-state index in [0.717, 1.165) is 25.1 Å². The molecule has 1 rings (SSSR count). The van der Waals surface area contributed by atoms with Crippen LogP contribution in [-0.4, -0.2) is 41.4 Å². The normalized spacial score (nSPS) is 17.5. The van der Waals surface area contributed by atoms with Crippen molar-refractivity contribution in [2.45, 2.75) is 32.6 Å². The lowest BCUT2D eigenvalue weighted by Gasteiger charge is -2.23. The lowest BCUT2D eigenvalue weighted by Crippen LogP contribution is -2.34. The molecule has 15 heavy (non-hydrogen) atoms. The Morgan fingerprint density at radius 3 is 2.60 bits per heavy atom. The average molecular weight is 231 g/mol. The summed E-state index contributed by atoms with van der Waals surface area (Å²) in [6, 6.07) is 0. The molecule has 1 N–H and O–H groups in total. The fourth-order valence-electron chi connectivity index (χ4n) is 1.72. The van der Waals surface area contributed by atoms with Gasteiger partial charge in [0.05, 0.1) is 0 Å². The summed E-state index contributed by atoms with van der Waals surface area (Å²) in [5.74, 6) is 1.04. The molecule has 88 valence electrons. The third kappa shape index (κ3) is 3.68. The second-order valence-corrected chi connectivity index (χ2v) is 4.70. The van der Waals surface area contributed by atoms with Crippen molar-refractivity contribution in [1.82, 2.24) is 4.90 Å². The number of amides is 1. The zero-order valence-corrected chi connectivity index (χ0v) is 10.3. The Kier molecular flexibility index (Phi) is 4.93. The second kappa shape index (κ2) is 5.75. The predicted molar refractivity (Wildman–Crippen MR) is 64.1 cm³/mol. The number of carbonyl (C=O) groups excluding carboxylic acids is 1. The Hall–Kier alpha value is -0.220. The zero-order valence-electron chi connectivity index (χ0n) is 9.41. The first-order chi connectivity index (χ1) is 7.17. The van der Waals surface area contributed by atoms with Gasteiger partial charge in [-0.3, -0.25) is 4.79 Å². The number of aliphatic hydroxyl groups is 1. The van der Waals surface area contributed by atoms with E-state index in [-0.39, 0.29) is 17.9 Å². The van der Waals surface area contributed by atoms with Gasteiger partial charge in [-0.05, 0) is 37.4 Å². The van der Waals surface area contributed by atoms with Crippen molar-refractivity contribution in [2.75, 3.05) is 25.4 Å². The van der Waals surface area contributed by atoms with Crippen LogP contribution in [0, 0.1) is 5.41 Å². The van der Waals surface area contributed by atoms with Crippen molar-refractivity contribution in [3.05, 3.63) is 0 Å². The van der Waals surface area contributed by atoms with Crippen LogP contribution in [0.5, 0.6) is 0 Å². The minimum atomic E-state index is 0.154. The summed E-state index contributed by atoms with van der Waals surface area (Å²) in [5, 5.41) is 8.73. The maximum Gasteiger partial charge on any atom is 0.223 e. The highest BCUT2D eigenvalue weighted by molar-refractivity contribution is 7.80. The third-order valence-corrected chi connectivity index (χ3v) is 3.81. The molecule has 3 nitrogen and oxygen atoms in total. The van der Waals surface area contributed by atoms with E-state index in [1.54, 1.807) is 0 Å². The van der Waals surface area contributed by atoms with E-state index >= 15 is 0 Å². The molecule has 1 aliphatic rings. The van der Waals surface area contributed by atoms with E-state index in [1.165, 1.54) is 0 Å². The van der Waals surface area contributed by atoms with Crippen molar-refractivity contribution in [3.8, 4) is 0 Å². The van der Waals surface area contributed by atoms with E-state index in [0.29, 0.717) is 19.4 Å². The molecule has 0 aromatic heterocycles. The SMILES string of the molecule is CCN(CCCO)C(=O)CC1(CS)CC1. The van der Waals surface area contributed by atoms with Gasteiger partial charge in [0.15, 0.2) is 0 Å². The summed E-state index contributed by atoms with van der Waals surface area (Å²) in [4.78, 5) is 13.7. The first-order valence-corrected chi connectivity index (χ1v) is 6.30. The molecule has 0 aromatic carbocycles. The van der Waals surface area contributed by atoms with Crippen LogP contribution in [-0.2, 0) is 4.79 Å². The molecule has 0 aromatic rings. The van der Waals surface area contributed by atoms with Crippen molar-refractivity contribution in [1.29, 1.82) is 0 Å². The van der Waals surface area contributed by atoms with Crippen LogP contribution in [0.1, 0.15) is 32.6 Å². The number of nitrogens with zero attached hydrogens (tertiary/aromatic N) is 1. The van der Waals surface area contributed by atoms with Gasteiger partial charge in [0, 0.05) is 26.1 Å². The van der Waals surface area contributed by atoms with Gasteiger partial charge < -0.3 is 10.0 Å². The third-order valence-electron chi connectivity index (χ3n) is 3.14. The van der Waals surface area contributed by atoms with Crippen LogP contribution in [0.15, 0.2) is 0 Å². The standard InChI is InChI=1S/C11H21NO2S/c1-2-12(6-3-7-13)10(14)8-11(9-15)4-5-11/h13,15H,2-9H2,1H3. The minimum absolute atomic E-state index is 0.154. The Morgan fingerprint density at radius 2 is 2.20 bits per heavy atom. The fraction of sp³-hybridized carbons (Fsp3) is 0.909. The highest BCUT2D eigenvalue weighted by Crippen LogP contribution is 2.49. The molecule has 0 spiro atoms. The van der Waals surface area contributed by atoms with Crippen molar-refractivity contribution in [2.24, 2.45) is 5.41 Å². The molecule has 4 heteroatoms. The van der Waals surface area contributed by atoms with Gasteiger partial charge in [0.2, 0.25) is 5.91 Å². The number of rotatable bonds is 7. The van der Waals surface area contributed by atoms with Gasteiger partial charge in [0.1, 0.15) is 0 Å². The van der Waals surface area contributed by atoms with Crippen LogP contribution in [0.3, 0.4) is 0 Å². The smallest absolute Gasteiger partial charge is 0.223 e. The van der Waals surface area contributed by atoms with E-state index < -0.39 is 0 Å². The van der Waals surface area contributed by atoms with Gasteiger partial charge in [-0.1, -0.05) is 0 Å². The number of hydrogen-bond donors (Lipinski definition) is 2. The highest BCUT2D eigenvalue weighted by Gasteiger charge is 2.43. The Balaban J connectivity index is 2.36. The Morgan fingerprint density at radius 1 is 1.53 bits per heavy atom. The lowest BCUT2D eigenvalue weighted by atomic mass is 10.0. The quantitative estimate of drug-likeness (QED) is 0.649. The summed E-state index contributed by atoms with van der Waals surface area (Å²) in [7, 11) is 0. The summed E-state index contributed by atoms with van der Waals surface area (Å²) >= 11 is 4.30. The molecule has 1 amide bonds. The maximum atomic E-state index is 11.9. The van der Waals surface area contributed by atoms with Gasteiger partial charge in [-0.25, -0.2) is 0 Å². The molecule has 0 saturated heterocycles. The largest absolute Gasteiger partial charge is 0.396 e. The van der Waals surface area contributed by atoms with Crippen molar-refractivity contribution < 1.29 is 9.90 Å². The minimum Gasteiger partial charge on any atom is -0.396 e. The molecule has 0 radical (unpaired) electrons. The Bertz CT molecular complexity index is 217. The first kappa shape index (κ1) is 12.8. The van der Waals surface area contributed by atoms with E-state index in [4.69, 9.17) is 5.11 Å². The predicted octanol–water partition coefficient (Wildman–Crippen LogP) is 1.32. The molecule has 0 atom stereocenters. The topological polar surface area (TPSA) is 40.5 Å². The highest BCUT2D eigenvalue weighted by atomic mass is 32.1. The van der Waals surface area contributed by atoms with Gasteiger partial charge >= 0.3 is 0 Å². The molecule has 1 aliphatic carbocycles. The van der Waals surface area contributed by atoms with Gasteiger partial charge in [-0.2, -0.15) is 12.6 Å². The van der Waals surface area contributed by atoms with Crippen molar-refractivity contribution in [3.63, 3.8) is 0 Å². The van der Waals surface area contributed by atoms with Crippen LogP contribution in [0.4, 0.5) is 0 Å². The van der Waals surface area contributed by atoms with Crippen LogP contribution in [0.2, 0.25) is 0 Å². The summed E-state index contributed by atoms with van der Waals surface area (Å²) in [6.07, 6.45) is 3.59. The number of aliphatic hydroxyl groups excluding tert-OH is 1. The summed E-state index contributed by atoms with van der Waals surface area (Å²) < 4.78 is 0. The molecular weight excluding hydrogens is 210 g/mol. The molecule has 0 bridgehead atoms. The monoisotopic (exact) mass is 231 g/mol. The van der Waals surface area contributed by atoms with E-state index in [1.807, 2.05) is 11.8 Å². The zero-order chi connectivity index (χ0) is 11.3. The van der Waals surface area contributed by atoms with E-state index in [2.05, 4.69) is 12.6 Å². The summed E-state index contributed by atoms with van der Waals surface area (Å²) in [5.41, 5.74) is 0.201. The molecule has 1 saturated carbocycles. The molecule has 0 aliphatic heterocycles. The molecule has 0 heterocycles. The number of hydrogen-bond acceptors (Lipinski definition) is 3. The Labute approximate surface area is 97.3 Å². The van der Waals surface area contributed by atoms with Crippen LogP contribution < -0.4 is 0 Å².